The van der Waals surface area contributed by atoms with E-state index in [4.69, 9.17) is 0 Å². The Balaban J connectivity index is 1.32. The summed E-state index contributed by atoms with van der Waals surface area (Å²) >= 11 is 0. The summed E-state index contributed by atoms with van der Waals surface area (Å²) in [5, 5.41) is 2.89. The molecule has 1 aromatic heterocycles. The number of nitrogens with one attached hydrogen (secondary N) is 2. The molecule has 1 fully saturated rings. The Labute approximate surface area is 198 Å². The highest BCUT2D eigenvalue weighted by atomic mass is 32.2. The largest absolute Gasteiger partial charge is 0.352 e. The number of sulfonamides is 1. The molecule has 178 valence electrons. The predicted octanol–water partition coefficient (Wildman–Crippen LogP) is 3.74. The zero-order valence-corrected chi connectivity index (χ0v) is 19.7. The summed E-state index contributed by atoms with van der Waals surface area (Å²) < 4.78 is 41.8. The maximum absolute atomic E-state index is 13.0. The number of nitrogens with zero attached hydrogens (tertiary/aromatic N) is 2. The number of hydrogen-bond acceptors (Lipinski definition) is 5. The van der Waals surface area contributed by atoms with Crippen LogP contribution in [0.1, 0.15) is 37.1 Å². The van der Waals surface area contributed by atoms with E-state index >= 15 is 0 Å². The maximum atomic E-state index is 13.0. The lowest BCUT2D eigenvalue weighted by Crippen LogP contribution is -2.40. The van der Waals surface area contributed by atoms with Crippen LogP contribution in [0.2, 0.25) is 0 Å². The molecule has 0 aliphatic heterocycles. The van der Waals surface area contributed by atoms with Crippen LogP contribution in [0.3, 0.4) is 0 Å². The fraction of sp³-hybridized carbons (Fsp3) is 0.320. The minimum atomic E-state index is -3.71. The number of hydrogen-bond donors (Lipinski definition) is 2. The van der Waals surface area contributed by atoms with Gasteiger partial charge < -0.3 is 5.32 Å². The lowest BCUT2D eigenvalue weighted by Gasteiger charge is -2.28. The Morgan fingerprint density at radius 3 is 2.50 bits per heavy atom. The molecule has 0 saturated heterocycles. The Kier molecular flexibility index (Phi) is 7.33. The minimum absolute atomic E-state index is 0.0570. The van der Waals surface area contributed by atoms with E-state index in [2.05, 4.69) is 20.0 Å². The first-order valence-electron chi connectivity index (χ1n) is 11.2. The second kappa shape index (κ2) is 10.4. The fourth-order valence-corrected chi connectivity index (χ4v) is 5.49. The molecule has 7 nitrogen and oxygen atoms in total. The van der Waals surface area contributed by atoms with Crippen LogP contribution in [0.15, 0.2) is 65.7 Å². The second-order valence-electron chi connectivity index (χ2n) is 8.53. The van der Waals surface area contributed by atoms with Crippen molar-refractivity contribution in [2.75, 3.05) is 0 Å². The van der Waals surface area contributed by atoms with Gasteiger partial charge >= 0.3 is 0 Å². The van der Waals surface area contributed by atoms with Gasteiger partial charge in [-0.15, -0.1) is 0 Å². The molecule has 1 aliphatic carbocycles. The van der Waals surface area contributed by atoms with Crippen LogP contribution in [0.4, 0.5) is 4.39 Å². The molecule has 2 aromatic carbocycles. The van der Waals surface area contributed by atoms with Gasteiger partial charge in [0.1, 0.15) is 11.6 Å². The van der Waals surface area contributed by atoms with Crippen molar-refractivity contribution in [2.45, 2.75) is 50.1 Å². The number of benzene rings is 2. The lowest BCUT2D eigenvalue weighted by atomic mass is 9.86. The van der Waals surface area contributed by atoms with Crippen molar-refractivity contribution in [3.63, 3.8) is 0 Å². The molecular weight excluding hydrogens is 455 g/mol. The molecule has 0 bridgehead atoms. The van der Waals surface area contributed by atoms with Gasteiger partial charge in [-0.3, -0.25) is 4.79 Å². The first-order chi connectivity index (χ1) is 16.3. The molecule has 1 aliphatic rings. The molecule has 0 atom stereocenters. The van der Waals surface area contributed by atoms with Gasteiger partial charge in [0.15, 0.2) is 0 Å². The van der Waals surface area contributed by atoms with Crippen molar-refractivity contribution in [2.24, 2.45) is 5.92 Å². The molecule has 1 heterocycles. The van der Waals surface area contributed by atoms with Crippen LogP contribution in [-0.4, -0.2) is 30.3 Å². The zero-order valence-electron chi connectivity index (χ0n) is 18.9. The van der Waals surface area contributed by atoms with E-state index in [-0.39, 0.29) is 28.6 Å². The number of carbonyl (C=O) groups excluding carboxylic acids is 1. The number of rotatable bonds is 7. The number of amides is 1. The van der Waals surface area contributed by atoms with Gasteiger partial charge in [-0.25, -0.2) is 27.5 Å². The number of aromatic nitrogens is 2. The molecule has 1 saturated carbocycles. The normalized spacial score (nSPS) is 18.4. The van der Waals surface area contributed by atoms with Crippen molar-refractivity contribution < 1.29 is 17.6 Å². The summed E-state index contributed by atoms with van der Waals surface area (Å²) in [6, 6.07) is 14.2. The van der Waals surface area contributed by atoms with E-state index in [1.54, 1.807) is 49.5 Å². The van der Waals surface area contributed by atoms with Crippen LogP contribution in [0, 0.1) is 18.7 Å². The Hall–Kier alpha value is -3.17. The van der Waals surface area contributed by atoms with E-state index < -0.39 is 10.0 Å². The number of aryl methyl sites for hydroxylation is 1. The zero-order chi connectivity index (χ0) is 24.1. The highest BCUT2D eigenvalue weighted by molar-refractivity contribution is 7.89. The predicted molar refractivity (Wildman–Crippen MR) is 127 cm³/mol. The molecule has 0 spiro atoms. The van der Waals surface area contributed by atoms with Crippen LogP contribution in [-0.2, 0) is 21.4 Å². The number of halogens is 1. The monoisotopic (exact) mass is 482 g/mol. The first-order valence-corrected chi connectivity index (χ1v) is 12.7. The SMILES string of the molecule is Cc1nccc(-c2cccc(S(=O)(=O)NC3CCC(C(=O)NCc4ccc(F)cc4)CC3)c2)n1. The van der Waals surface area contributed by atoms with Crippen LogP contribution < -0.4 is 10.0 Å². The third-order valence-electron chi connectivity index (χ3n) is 6.02. The van der Waals surface area contributed by atoms with Crippen molar-refractivity contribution in [3.05, 3.63) is 78.0 Å². The minimum Gasteiger partial charge on any atom is -0.352 e. The molecule has 3 aromatic rings. The standard InChI is InChI=1S/C25H27FN4O3S/c1-17-27-14-13-24(29-17)20-3-2-4-23(15-20)34(32,33)30-22-11-7-19(8-12-22)25(31)28-16-18-5-9-21(26)10-6-18/h2-6,9-10,13-15,19,22,30H,7-8,11-12,16H2,1H3,(H,28,31). The third kappa shape index (κ3) is 6.03. The summed E-state index contributed by atoms with van der Waals surface area (Å²) in [5.74, 6) is 0.0815. The van der Waals surface area contributed by atoms with E-state index in [1.165, 1.54) is 12.1 Å². The fourth-order valence-electron chi connectivity index (χ4n) is 4.14. The van der Waals surface area contributed by atoms with Gasteiger partial charge in [0, 0.05) is 30.3 Å². The molecule has 2 N–H and O–H groups in total. The summed E-state index contributed by atoms with van der Waals surface area (Å²) in [4.78, 5) is 21.1. The third-order valence-corrected chi connectivity index (χ3v) is 7.53. The van der Waals surface area contributed by atoms with Crippen LogP contribution >= 0.6 is 0 Å². The molecule has 0 unspecified atom stereocenters. The summed E-state index contributed by atoms with van der Waals surface area (Å²) in [7, 11) is -3.71. The van der Waals surface area contributed by atoms with Crippen molar-refractivity contribution in [3.8, 4) is 11.3 Å². The average Bonchev–Trinajstić information content (AvgIpc) is 2.84. The molecule has 0 radical (unpaired) electrons. The van der Waals surface area contributed by atoms with E-state index in [0.717, 1.165) is 5.56 Å². The molecule has 4 rings (SSSR count). The van der Waals surface area contributed by atoms with Gasteiger partial charge in [-0.05, 0) is 68.5 Å². The topological polar surface area (TPSA) is 101 Å². The van der Waals surface area contributed by atoms with Crippen molar-refractivity contribution in [1.29, 1.82) is 0 Å². The van der Waals surface area contributed by atoms with Gasteiger partial charge in [0.2, 0.25) is 15.9 Å². The molecule has 34 heavy (non-hydrogen) atoms. The van der Waals surface area contributed by atoms with E-state index in [9.17, 15) is 17.6 Å². The highest BCUT2D eigenvalue weighted by Crippen LogP contribution is 2.27. The average molecular weight is 483 g/mol. The maximum Gasteiger partial charge on any atom is 0.240 e. The second-order valence-corrected chi connectivity index (χ2v) is 10.2. The Bertz CT molecular complexity index is 1260. The van der Waals surface area contributed by atoms with Crippen LogP contribution in [0.25, 0.3) is 11.3 Å². The van der Waals surface area contributed by atoms with E-state index in [0.29, 0.717) is 49.3 Å². The van der Waals surface area contributed by atoms with Gasteiger partial charge in [-0.1, -0.05) is 24.3 Å². The quantitative estimate of drug-likeness (QED) is 0.534. The van der Waals surface area contributed by atoms with Gasteiger partial charge in [-0.2, -0.15) is 0 Å². The molecule has 9 heteroatoms. The van der Waals surface area contributed by atoms with E-state index in [1.807, 2.05) is 6.07 Å². The summed E-state index contributed by atoms with van der Waals surface area (Å²) in [5.41, 5.74) is 2.20. The lowest BCUT2D eigenvalue weighted by molar-refractivity contribution is -0.126. The smallest absolute Gasteiger partial charge is 0.240 e. The van der Waals surface area contributed by atoms with Gasteiger partial charge in [0.25, 0.3) is 0 Å². The molecule has 1 amide bonds. The first kappa shape index (κ1) is 24.0. The van der Waals surface area contributed by atoms with Crippen molar-refractivity contribution in [1.82, 2.24) is 20.0 Å². The van der Waals surface area contributed by atoms with Crippen molar-refractivity contribution >= 4 is 15.9 Å². The Morgan fingerprint density at radius 2 is 1.79 bits per heavy atom. The Morgan fingerprint density at radius 1 is 1.06 bits per heavy atom. The summed E-state index contributed by atoms with van der Waals surface area (Å²) in [6.45, 7) is 2.12. The van der Waals surface area contributed by atoms with Gasteiger partial charge in [0.05, 0.1) is 10.6 Å². The molecular formula is C25H27FN4O3S. The highest BCUT2D eigenvalue weighted by Gasteiger charge is 2.29. The number of carbonyl (C=O) groups is 1. The van der Waals surface area contributed by atoms with Crippen LogP contribution in [0.5, 0.6) is 0 Å². The summed E-state index contributed by atoms with van der Waals surface area (Å²) in [6.07, 6.45) is 4.01.